The third kappa shape index (κ3) is 5.73. The number of halogens is 2. The summed E-state index contributed by atoms with van der Waals surface area (Å²) >= 11 is 0. The molecule has 222 valence electrons. The Morgan fingerprint density at radius 2 is 1.58 bits per heavy atom. The van der Waals surface area contributed by atoms with Crippen molar-refractivity contribution in [1.82, 2.24) is 15.3 Å². The van der Waals surface area contributed by atoms with Crippen LogP contribution in [0.4, 0.5) is 37.3 Å². The van der Waals surface area contributed by atoms with Crippen LogP contribution in [0.3, 0.4) is 0 Å². The van der Waals surface area contributed by atoms with Gasteiger partial charge in [0.25, 0.3) is 6.43 Å². The lowest BCUT2D eigenvalue weighted by molar-refractivity contribution is -0.117. The highest BCUT2D eigenvalue weighted by molar-refractivity contribution is 6.01. The number of carbonyl (C=O) groups is 1. The number of anilines is 5. The molecule has 1 fully saturated rings. The number of likely N-dealkylation sites (N-methyl/N-ethyl adjacent to an activating group) is 1. The molecular weight excluding hydrogens is 552 g/mol. The summed E-state index contributed by atoms with van der Waals surface area (Å²) in [5, 5.41) is 9.03. The molecule has 0 bridgehead atoms. The van der Waals surface area contributed by atoms with E-state index < -0.39 is 12.1 Å². The maximum Gasteiger partial charge on any atom is 0.286 e. The molecule has 6 rings (SSSR count). The predicted molar refractivity (Wildman–Crippen MR) is 164 cm³/mol. The summed E-state index contributed by atoms with van der Waals surface area (Å²) < 4.78 is 35.4. The second-order valence-corrected chi connectivity index (χ2v) is 10.3. The van der Waals surface area contributed by atoms with Crippen LogP contribution >= 0.6 is 0 Å². The Hall–Kier alpha value is -4.61. The van der Waals surface area contributed by atoms with Crippen LogP contribution in [0.2, 0.25) is 0 Å². The van der Waals surface area contributed by atoms with Gasteiger partial charge in [-0.15, -0.1) is 0 Å². The molecular formula is C32H33F2N7O2. The highest BCUT2D eigenvalue weighted by Crippen LogP contribution is 2.42. The Labute approximate surface area is 248 Å². The minimum absolute atomic E-state index is 0.0616. The first-order valence-electron chi connectivity index (χ1n) is 14.3. The highest BCUT2D eigenvalue weighted by Gasteiger charge is 2.49. The summed E-state index contributed by atoms with van der Waals surface area (Å²) in [5.74, 6) is 0.378. The first-order chi connectivity index (χ1) is 21.0. The quantitative estimate of drug-likeness (QED) is 0.247. The number of hydrogen-bond donors (Lipinski definition) is 3. The minimum Gasteiger partial charge on any atom is -0.378 e. The number of nitrogens with one attached hydrogen (secondary N) is 3. The summed E-state index contributed by atoms with van der Waals surface area (Å²) in [4.78, 5) is 26.3. The van der Waals surface area contributed by atoms with Gasteiger partial charge in [-0.05, 0) is 42.9 Å². The summed E-state index contributed by atoms with van der Waals surface area (Å²) in [5.41, 5.74) is 1.71. The van der Waals surface area contributed by atoms with E-state index in [-0.39, 0.29) is 18.3 Å². The third-order valence-corrected chi connectivity index (χ3v) is 7.53. The Kier molecular flexibility index (Phi) is 8.17. The zero-order chi connectivity index (χ0) is 29.8. The molecule has 43 heavy (non-hydrogen) atoms. The van der Waals surface area contributed by atoms with Crippen molar-refractivity contribution in [2.45, 2.75) is 19.0 Å². The Balaban J connectivity index is 1.40. The molecule has 0 saturated carbocycles. The maximum atomic E-state index is 14.9. The van der Waals surface area contributed by atoms with E-state index >= 15 is 0 Å². The number of carbonyl (C=O) groups excluding carboxylic acids is 1. The molecule has 11 heteroatoms. The summed E-state index contributed by atoms with van der Waals surface area (Å²) in [7, 11) is 0. The second kappa shape index (κ2) is 12.3. The first-order valence-corrected chi connectivity index (χ1v) is 14.3. The molecule has 2 aliphatic heterocycles. The van der Waals surface area contributed by atoms with E-state index in [1.54, 1.807) is 29.2 Å². The standard InChI is InChI=1S/C32H33F2N7O2/c1-2-35-21-29(42)41(23-8-4-3-5-9-23)24-14-12-22(13-15-24)27-20-28(40-16-18-43-19-17-40)37-31(36-27)32(30(33)34)38-25-10-6-7-11-26(25)39-32/h3-15,20,30,35,38-39H,2,16-19,21H2,1H3. The van der Waals surface area contributed by atoms with E-state index in [0.717, 1.165) is 5.69 Å². The molecule has 3 aromatic carbocycles. The van der Waals surface area contributed by atoms with E-state index in [1.807, 2.05) is 72.5 Å². The Morgan fingerprint density at radius 3 is 2.21 bits per heavy atom. The van der Waals surface area contributed by atoms with Gasteiger partial charge in [-0.3, -0.25) is 9.69 Å². The van der Waals surface area contributed by atoms with E-state index in [1.165, 1.54) is 0 Å². The number of morpholine rings is 1. The topological polar surface area (TPSA) is 94.7 Å². The summed E-state index contributed by atoms with van der Waals surface area (Å²) in [6.07, 6.45) is -2.86. The van der Waals surface area contributed by atoms with E-state index in [4.69, 9.17) is 9.72 Å². The average Bonchev–Trinajstić information content (AvgIpc) is 3.46. The van der Waals surface area contributed by atoms with E-state index in [9.17, 15) is 13.6 Å². The summed E-state index contributed by atoms with van der Waals surface area (Å²) in [6, 6.07) is 25.7. The van der Waals surface area contributed by atoms with Gasteiger partial charge in [-0.1, -0.05) is 49.4 Å². The van der Waals surface area contributed by atoms with Gasteiger partial charge in [0.1, 0.15) is 5.82 Å². The van der Waals surface area contributed by atoms with Gasteiger partial charge in [0.05, 0.1) is 36.8 Å². The van der Waals surface area contributed by atoms with E-state index in [2.05, 4.69) is 20.9 Å². The first kappa shape index (κ1) is 28.5. The Bertz CT molecular complexity index is 1540. The molecule has 9 nitrogen and oxygen atoms in total. The van der Waals surface area contributed by atoms with Crippen molar-refractivity contribution in [3.63, 3.8) is 0 Å². The lowest BCUT2D eigenvalue weighted by Gasteiger charge is -2.32. The molecule has 1 amide bonds. The zero-order valence-electron chi connectivity index (χ0n) is 23.8. The second-order valence-electron chi connectivity index (χ2n) is 10.3. The van der Waals surface area contributed by atoms with Crippen molar-refractivity contribution in [3.8, 4) is 11.3 Å². The number of amides is 1. The average molecular weight is 586 g/mol. The van der Waals surface area contributed by atoms with Gasteiger partial charge in [-0.2, -0.15) is 0 Å². The van der Waals surface area contributed by atoms with Gasteiger partial charge in [0, 0.05) is 36.1 Å². The molecule has 4 aromatic rings. The molecule has 3 N–H and O–H groups in total. The number of para-hydroxylation sites is 3. The van der Waals surface area contributed by atoms with Crippen LogP contribution in [-0.2, 0) is 15.2 Å². The number of aromatic nitrogens is 2. The van der Waals surface area contributed by atoms with Crippen LogP contribution < -0.4 is 25.8 Å². The number of alkyl halides is 2. The fourth-order valence-corrected chi connectivity index (χ4v) is 5.30. The maximum absolute atomic E-state index is 14.9. The monoisotopic (exact) mass is 585 g/mol. The van der Waals surface area contributed by atoms with Gasteiger partial charge in [-0.25, -0.2) is 18.7 Å². The van der Waals surface area contributed by atoms with Crippen molar-refractivity contribution in [3.05, 3.63) is 90.8 Å². The van der Waals surface area contributed by atoms with E-state index in [0.29, 0.717) is 67.0 Å². The largest absolute Gasteiger partial charge is 0.378 e. The molecule has 0 aliphatic carbocycles. The molecule has 1 aromatic heterocycles. The number of hydrogen-bond acceptors (Lipinski definition) is 8. The Morgan fingerprint density at radius 1 is 0.953 bits per heavy atom. The predicted octanol–water partition coefficient (Wildman–Crippen LogP) is 5.21. The van der Waals surface area contributed by atoms with Crippen molar-refractivity contribution >= 4 is 34.5 Å². The molecule has 0 atom stereocenters. The smallest absolute Gasteiger partial charge is 0.286 e. The van der Waals surface area contributed by atoms with Crippen molar-refractivity contribution < 1.29 is 18.3 Å². The SMILES string of the molecule is CCNCC(=O)N(c1ccccc1)c1ccc(-c2cc(N3CCOCC3)nc(C3(C(F)F)Nc4ccccc4N3)n2)cc1. The van der Waals surface area contributed by atoms with Crippen molar-refractivity contribution in [1.29, 1.82) is 0 Å². The molecule has 1 saturated heterocycles. The fraction of sp³-hybridized carbons (Fsp3) is 0.281. The zero-order valence-corrected chi connectivity index (χ0v) is 23.8. The normalized spacial score (nSPS) is 15.5. The summed E-state index contributed by atoms with van der Waals surface area (Å²) in [6.45, 7) is 4.99. The van der Waals surface area contributed by atoms with Crippen LogP contribution in [0.1, 0.15) is 12.7 Å². The number of benzene rings is 3. The van der Waals surface area contributed by atoms with Gasteiger partial charge in [0.2, 0.25) is 11.6 Å². The third-order valence-electron chi connectivity index (χ3n) is 7.53. The molecule has 2 aliphatic rings. The van der Waals surface area contributed by atoms with Crippen molar-refractivity contribution in [2.24, 2.45) is 0 Å². The highest BCUT2D eigenvalue weighted by atomic mass is 19.3. The van der Waals surface area contributed by atoms with Gasteiger partial charge >= 0.3 is 0 Å². The molecule has 3 heterocycles. The van der Waals surface area contributed by atoms with Crippen molar-refractivity contribution in [2.75, 3.05) is 59.8 Å². The minimum atomic E-state index is -2.86. The van der Waals surface area contributed by atoms with Crippen LogP contribution in [0.15, 0.2) is 84.9 Å². The van der Waals surface area contributed by atoms with Crippen LogP contribution in [-0.4, -0.2) is 61.7 Å². The fourth-order valence-electron chi connectivity index (χ4n) is 5.30. The number of rotatable bonds is 9. The van der Waals surface area contributed by atoms with Gasteiger partial charge < -0.3 is 25.6 Å². The number of nitrogens with zero attached hydrogens (tertiary/aromatic N) is 4. The molecule has 0 unspecified atom stereocenters. The number of fused-ring (bicyclic) bond motifs is 1. The lowest BCUT2D eigenvalue weighted by atomic mass is 10.1. The number of ether oxygens (including phenoxy) is 1. The molecule has 0 spiro atoms. The van der Waals surface area contributed by atoms with Crippen LogP contribution in [0, 0.1) is 0 Å². The lowest BCUT2D eigenvalue weighted by Crippen LogP contribution is -2.48. The van der Waals surface area contributed by atoms with Gasteiger partial charge in [0.15, 0.2) is 5.82 Å². The van der Waals surface area contributed by atoms with Crippen LogP contribution in [0.5, 0.6) is 0 Å². The van der Waals surface area contributed by atoms with Crippen LogP contribution in [0.25, 0.3) is 11.3 Å². The molecule has 0 radical (unpaired) electrons.